The summed E-state index contributed by atoms with van der Waals surface area (Å²) in [5.74, 6) is -2.10. The van der Waals surface area contributed by atoms with E-state index in [0.717, 1.165) is 0 Å². The molecule has 94 valence electrons. The highest BCUT2D eigenvalue weighted by molar-refractivity contribution is 6.07. The Balaban J connectivity index is 2.98. The van der Waals surface area contributed by atoms with Crippen LogP contribution in [0.1, 0.15) is 13.8 Å². The molecule has 1 heterocycles. The molecule has 8 heteroatoms. The van der Waals surface area contributed by atoms with Gasteiger partial charge in [0.15, 0.2) is 0 Å². The van der Waals surface area contributed by atoms with Crippen LogP contribution in [-0.2, 0) is 4.79 Å². The Morgan fingerprint density at radius 3 is 2.41 bits per heavy atom. The largest absolute Gasteiger partial charge is 0.420 e. The summed E-state index contributed by atoms with van der Waals surface area (Å²) in [6, 6.07) is 0.616. The van der Waals surface area contributed by atoms with Crippen LogP contribution in [0.4, 0.5) is 18.0 Å². The fourth-order valence-electron chi connectivity index (χ4n) is 1.37. The SMILES string of the molecule is CC(C#N)CN1C(=O)NC(C)(C(F)(F)F)C1=O. The molecule has 1 saturated heterocycles. The number of carbonyl (C=O) groups excluding carboxylic acids is 2. The van der Waals surface area contributed by atoms with Crippen molar-refractivity contribution in [3.8, 4) is 6.07 Å². The molecule has 1 rings (SSSR count). The first kappa shape index (κ1) is 13.3. The van der Waals surface area contributed by atoms with E-state index in [4.69, 9.17) is 5.26 Å². The van der Waals surface area contributed by atoms with Crippen LogP contribution in [0.5, 0.6) is 0 Å². The third-order valence-corrected chi connectivity index (χ3v) is 2.52. The van der Waals surface area contributed by atoms with Crippen LogP contribution in [0.2, 0.25) is 0 Å². The zero-order valence-corrected chi connectivity index (χ0v) is 9.13. The number of hydrogen-bond donors (Lipinski definition) is 1. The number of alkyl halides is 3. The van der Waals surface area contributed by atoms with Gasteiger partial charge in [0.2, 0.25) is 5.54 Å². The molecule has 0 aliphatic carbocycles. The lowest BCUT2D eigenvalue weighted by Gasteiger charge is -2.24. The first-order valence-corrected chi connectivity index (χ1v) is 4.74. The first-order valence-electron chi connectivity index (χ1n) is 4.74. The maximum absolute atomic E-state index is 12.6. The molecule has 0 spiro atoms. The summed E-state index contributed by atoms with van der Waals surface area (Å²) in [4.78, 5) is 23.2. The second kappa shape index (κ2) is 3.91. The summed E-state index contributed by atoms with van der Waals surface area (Å²) in [7, 11) is 0. The van der Waals surface area contributed by atoms with Crippen molar-refractivity contribution in [3.63, 3.8) is 0 Å². The van der Waals surface area contributed by atoms with Gasteiger partial charge in [-0.25, -0.2) is 4.79 Å². The highest BCUT2D eigenvalue weighted by Gasteiger charge is 2.64. The van der Waals surface area contributed by atoms with Crippen molar-refractivity contribution in [2.24, 2.45) is 5.92 Å². The van der Waals surface area contributed by atoms with Crippen molar-refractivity contribution in [3.05, 3.63) is 0 Å². The number of halogens is 3. The Morgan fingerprint density at radius 1 is 1.53 bits per heavy atom. The van der Waals surface area contributed by atoms with Crippen LogP contribution >= 0.6 is 0 Å². The second-order valence-corrected chi connectivity index (χ2v) is 4.00. The molecule has 5 nitrogen and oxygen atoms in total. The predicted octanol–water partition coefficient (Wildman–Crippen LogP) is 1.02. The van der Waals surface area contributed by atoms with Crippen LogP contribution in [0, 0.1) is 17.2 Å². The topological polar surface area (TPSA) is 73.2 Å². The average molecular weight is 249 g/mol. The van der Waals surface area contributed by atoms with E-state index >= 15 is 0 Å². The van der Waals surface area contributed by atoms with Crippen molar-refractivity contribution in [1.29, 1.82) is 5.26 Å². The lowest BCUT2D eigenvalue weighted by Crippen LogP contribution is -2.56. The number of urea groups is 1. The van der Waals surface area contributed by atoms with Crippen LogP contribution in [0.15, 0.2) is 0 Å². The molecule has 0 aromatic rings. The van der Waals surface area contributed by atoms with E-state index < -0.39 is 29.6 Å². The van der Waals surface area contributed by atoms with Gasteiger partial charge in [0.1, 0.15) is 0 Å². The van der Waals surface area contributed by atoms with E-state index in [1.165, 1.54) is 6.92 Å². The molecule has 3 amide bonds. The minimum absolute atomic E-state index is 0.354. The van der Waals surface area contributed by atoms with Gasteiger partial charge >= 0.3 is 12.2 Å². The van der Waals surface area contributed by atoms with Crippen molar-refractivity contribution in [2.45, 2.75) is 25.6 Å². The number of nitrogens with zero attached hydrogens (tertiary/aromatic N) is 2. The molecule has 1 aliphatic heterocycles. The zero-order chi connectivity index (χ0) is 13.4. The van der Waals surface area contributed by atoms with Gasteiger partial charge in [-0.1, -0.05) is 0 Å². The van der Waals surface area contributed by atoms with E-state index in [0.29, 0.717) is 11.8 Å². The molecule has 2 unspecified atom stereocenters. The summed E-state index contributed by atoms with van der Waals surface area (Å²) in [6.07, 6.45) is -4.87. The Kier molecular flexibility index (Phi) is 3.05. The maximum atomic E-state index is 12.6. The average Bonchev–Trinajstić information content (AvgIpc) is 2.42. The second-order valence-electron chi connectivity index (χ2n) is 4.00. The summed E-state index contributed by atoms with van der Waals surface area (Å²) in [5.41, 5.74) is -2.90. The molecule has 2 atom stereocenters. The Bertz CT molecular complexity index is 401. The smallest absolute Gasteiger partial charge is 0.316 e. The highest BCUT2D eigenvalue weighted by Crippen LogP contribution is 2.35. The van der Waals surface area contributed by atoms with E-state index in [2.05, 4.69) is 0 Å². The zero-order valence-electron chi connectivity index (χ0n) is 9.13. The predicted molar refractivity (Wildman–Crippen MR) is 49.5 cm³/mol. The number of carbonyl (C=O) groups is 2. The molecule has 0 aromatic heterocycles. The molecular weight excluding hydrogens is 239 g/mol. The van der Waals surface area contributed by atoms with Gasteiger partial charge in [-0.05, 0) is 13.8 Å². The first-order chi connectivity index (χ1) is 7.63. The number of nitriles is 1. The van der Waals surface area contributed by atoms with Gasteiger partial charge in [0.05, 0.1) is 12.0 Å². The fourth-order valence-corrected chi connectivity index (χ4v) is 1.37. The minimum Gasteiger partial charge on any atom is -0.316 e. The Hall–Kier alpha value is -1.78. The molecular formula is C9H10F3N3O2. The molecule has 1 aliphatic rings. The van der Waals surface area contributed by atoms with E-state index in [1.54, 1.807) is 11.4 Å². The Labute approximate surface area is 95.2 Å². The standard InChI is InChI=1S/C9H10F3N3O2/c1-5(3-13)4-15-6(16)8(2,9(10,11)12)14-7(15)17/h5H,4H2,1-2H3,(H,14,17). The van der Waals surface area contributed by atoms with Crippen LogP contribution in [-0.4, -0.2) is 35.1 Å². The van der Waals surface area contributed by atoms with Gasteiger partial charge in [-0.15, -0.1) is 0 Å². The van der Waals surface area contributed by atoms with Crippen LogP contribution < -0.4 is 5.32 Å². The van der Waals surface area contributed by atoms with E-state index in [-0.39, 0.29) is 6.54 Å². The molecule has 17 heavy (non-hydrogen) atoms. The maximum Gasteiger partial charge on any atom is 0.420 e. The number of hydrogen-bond acceptors (Lipinski definition) is 3. The van der Waals surface area contributed by atoms with E-state index in [1.807, 2.05) is 0 Å². The summed E-state index contributed by atoms with van der Waals surface area (Å²) >= 11 is 0. The third kappa shape index (κ3) is 2.05. The van der Waals surface area contributed by atoms with Crippen molar-refractivity contribution in [1.82, 2.24) is 10.2 Å². The molecule has 0 bridgehead atoms. The van der Waals surface area contributed by atoms with Crippen molar-refractivity contribution < 1.29 is 22.8 Å². The summed E-state index contributed by atoms with van der Waals surface area (Å²) < 4.78 is 37.9. The van der Waals surface area contributed by atoms with Crippen LogP contribution in [0.25, 0.3) is 0 Å². The van der Waals surface area contributed by atoms with E-state index in [9.17, 15) is 22.8 Å². The fraction of sp³-hybridized carbons (Fsp3) is 0.667. The van der Waals surface area contributed by atoms with Gasteiger partial charge in [0, 0.05) is 6.54 Å². The minimum atomic E-state index is -4.87. The third-order valence-electron chi connectivity index (χ3n) is 2.52. The normalized spacial score (nSPS) is 26.7. The lowest BCUT2D eigenvalue weighted by molar-refractivity contribution is -0.191. The quantitative estimate of drug-likeness (QED) is 0.742. The lowest BCUT2D eigenvalue weighted by atomic mass is 10.0. The van der Waals surface area contributed by atoms with Gasteiger partial charge < -0.3 is 5.32 Å². The molecule has 0 radical (unpaired) electrons. The van der Waals surface area contributed by atoms with Gasteiger partial charge in [-0.2, -0.15) is 18.4 Å². The number of rotatable bonds is 2. The summed E-state index contributed by atoms with van der Waals surface area (Å²) in [6.45, 7) is 1.65. The number of amides is 3. The monoisotopic (exact) mass is 249 g/mol. The molecule has 0 saturated carbocycles. The van der Waals surface area contributed by atoms with Gasteiger partial charge in [-0.3, -0.25) is 9.69 Å². The van der Waals surface area contributed by atoms with Gasteiger partial charge in [0.25, 0.3) is 5.91 Å². The number of nitrogens with one attached hydrogen (secondary N) is 1. The molecule has 1 N–H and O–H groups in total. The molecule has 1 fully saturated rings. The Morgan fingerprint density at radius 2 is 2.06 bits per heavy atom. The van der Waals surface area contributed by atoms with Crippen molar-refractivity contribution in [2.75, 3.05) is 6.54 Å². The van der Waals surface area contributed by atoms with Crippen molar-refractivity contribution >= 4 is 11.9 Å². The highest BCUT2D eigenvalue weighted by atomic mass is 19.4. The molecule has 0 aromatic carbocycles. The number of imide groups is 1. The van der Waals surface area contributed by atoms with Crippen LogP contribution in [0.3, 0.4) is 0 Å². The summed E-state index contributed by atoms with van der Waals surface area (Å²) in [5, 5.41) is 10.1.